The quantitative estimate of drug-likeness (QED) is 0.613. The summed E-state index contributed by atoms with van der Waals surface area (Å²) >= 11 is 13.4. The highest BCUT2D eigenvalue weighted by Crippen LogP contribution is 2.40. The van der Waals surface area contributed by atoms with Crippen molar-refractivity contribution in [3.8, 4) is 0 Å². The van der Waals surface area contributed by atoms with Gasteiger partial charge in [0, 0.05) is 11.3 Å². The number of hydrogen-bond acceptors (Lipinski definition) is 4. The standard InChI is InChI=1S/C22H21Cl2N3OS/c1-14-4-6-15(7-5-14)20-21(27-22(26-20)10-2-3-11-22)29-13-19(28)25-16-8-9-17(23)18(24)12-16/h4-9,12H,2-3,10-11,13H2,1H3,(H,25,28). The molecule has 2 aromatic carbocycles. The minimum atomic E-state index is -0.331. The van der Waals surface area contributed by atoms with Crippen LogP contribution in [0.5, 0.6) is 0 Å². The van der Waals surface area contributed by atoms with E-state index in [1.807, 2.05) is 0 Å². The number of nitrogens with zero attached hydrogens (tertiary/aromatic N) is 2. The molecule has 1 N–H and O–H groups in total. The largest absolute Gasteiger partial charge is 0.325 e. The predicted molar refractivity (Wildman–Crippen MR) is 124 cm³/mol. The number of carbonyl (C=O) groups excluding carboxylic acids is 1. The van der Waals surface area contributed by atoms with Crippen LogP contribution in [0, 0.1) is 6.92 Å². The third kappa shape index (κ3) is 4.68. The third-order valence-corrected chi connectivity index (χ3v) is 6.81. The summed E-state index contributed by atoms with van der Waals surface area (Å²) in [7, 11) is 0. The van der Waals surface area contributed by atoms with Crippen LogP contribution < -0.4 is 5.32 Å². The fourth-order valence-corrected chi connectivity index (χ4v) is 4.77. The molecule has 0 bridgehead atoms. The van der Waals surface area contributed by atoms with E-state index in [2.05, 4.69) is 36.5 Å². The van der Waals surface area contributed by atoms with E-state index in [0.29, 0.717) is 15.7 Å². The third-order valence-electron chi connectivity index (χ3n) is 5.10. The highest BCUT2D eigenvalue weighted by atomic mass is 35.5. The topological polar surface area (TPSA) is 53.8 Å². The number of aliphatic imine (C=N–C) groups is 2. The van der Waals surface area contributed by atoms with E-state index < -0.39 is 0 Å². The second kappa shape index (κ2) is 8.50. The van der Waals surface area contributed by atoms with Crippen LogP contribution in [-0.2, 0) is 4.79 Å². The van der Waals surface area contributed by atoms with Gasteiger partial charge in [-0.1, -0.05) is 64.8 Å². The van der Waals surface area contributed by atoms with Crippen molar-refractivity contribution in [1.82, 2.24) is 0 Å². The number of aryl methyl sites for hydroxylation is 1. The molecule has 0 atom stereocenters. The van der Waals surface area contributed by atoms with E-state index in [4.69, 9.17) is 33.2 Å². The van der Waals surface area contributed by atoms with Crippen LogP contribution in [0.3, 0.4) is 0 Å². The molecule has 2 aliphatic rings. The molecule has 0 unspecified atom stereocenters. The number of benzene rings is 2. The molecule has 150 valence electrons. The maximum Gasteiger partial charge on any atom is 0.234 e. The smallest absolute Gasteiger partial charge is 0.234 e. The van der Waals surface area contributed by atoms with E-state index in [9.17, 15) is 4.79 Å². The van der Waals surface area contributed by atoms with Crippen molar-refractivity contribution >= 4 is 57.3 Å². The van der Waals surface area contributed by atoms with E-state index in [0.717, 1.165) is 42.0 Å². The normalized spacial score (nSPS) is 17.3. The molecular formula is C22H21Cl2N3OS. The molecule has 0 aromatic heterocycles. The molecule has 0 saturated heterocycles. The molecular weight excluding hydrogens is 425 g/mol. The van der Waals surface area contributed by atoms with Gasteiger partial charge in [-0.15, -0.1) is 0 Å². The van der Waals surface area contributed by atoms with E-state index in [1.54, 1.807) is 18.2 Å². The van der Waals surface area contributed by atoms with E-state index in [-0.39, 0.29) is 17.3 Å². The molecule has 4 nitrogen and oxygen atoms in total. The van der Waals surface area contributed by atoms with Crippen molar-refractivity contribution in [1.29, 1.82) is 0 Å². The maximum atomic E-state index is 12.5. The predicted octanol–water partition coefficient (Wildman–Crippen LogP) is 6.15. The van der Waals surface area contributed by atoms with Crippen molar-refractivity contribution in [3.05, 3.63) is 63.6 Å². The number of carbonyl (C=O) groups is 1. The van der Waals surface area contributed by atoms with Crippen molar-refractivity contribution < 1.29 is 4.79 Å². The minimum absolute atomic E-state index is 0.119. The average Bonchev–Trinajstić information content (AvgIpc) is 3.31. The van der Waals surface area contributed by atoms with Crippen molar-refractivity contribution in [3.63, 3.8) is 0 Å². The summed E-state index contributed by atoms with van der Waals surface area (Å²) in [5.74, 6) is 0.131. The lowest BCUT2D eigenvalue weighted by atomic mass is 10.1. The van der Waals surface area contributed by atoms with Crippen molar-refractivity contribution in [2.45, 2.75) is 38.3 Å². The SMILES string of the molecule is Cc1ccc(C2=NC3(CCCC3)N=C2SCC(=O)Nc2ccc(Cl)c(Cl)c2)cc1. The van der Waals surface area contributed by atoms with Gasteiger partial charge in [-0.2, -0.15) is 0 Å². The number of hydrogen-bond donors (Lipinski definition) is 1. The summed E-state index contributed by atoms with van der Waals surface area (Å²) < 4.78 is 0. The number of anilines is 1. The zero-order valence-electron chi connectivity index (χ0n) is 16.0. The fourth-order valence-electron chi connectivity index (χ4n) is 3.59. The molecule has 1 aliphatic heterocycles. The van der Waals surface area contributed by atoms with Crippen LogP contribution in [-0.4, -0.2) is 28.1 Å². The Labute approximate surface area is 184 Å². The van der Waals surface area contributed by atoms with Crippen LogP contribution in [0.4, 0.5) is 5.69 Å². The Kier molecular flexibility index (Phi) is 6.00. The summed E-state index contributed by atoms with van der Waals surface area (Å²) in [6.07, 6.45) is 4.23. The Morgan fingerprint density at radius 3 is 2.48 bits per heavy atom. The minimum Gasteiger partial charge on any atom is -0.325 e. The Morgan fingerprint density at radius 2 is 1.79 bits per heavy atom. The molecule has 4 rings (SSSR count). The van der Waals surface area contributed by atoms with Gasteiger partial charge >= 0.3 is 0 Å². The molecule has 29 heavy (non-hydrogen) atoms. The molecule has 7 heteroatoms. The van der Waals surface area contributed by atoms with E-state index >= 15 is 0 Å². The first-order chi connectivity index (χ1) is 13.9. The highest BCUT2D eigenvalue weighted by Gasteiger charge is 2.39. The Bertz CT molecular complexity index is 996. The number of halogens is 2. The second-order valence-corrected chi connectivity index (χ2v) is 9.18. The van der Waals surface area contributed by atoms with Gasteiger partial charge in [0.15, 0.2) is 5.66 Å². The Balaban J connectivity index is 1.48. The molecule has 1 aliphatic carbocycles. The molecule has 1 amide bonds. The van der Waals surface area contributed by atoms with Gasteiger partial charge in [0.2, 0.25) is 5.91 Å². The lowest BCUT2D eigenvalue weighted by molar-refractivity contribution is -0.113. The Morgan fingerprint density at radius 1 is 1.07 bits per heavy atom. The summed E-state index contributed by atoms with van der Waals surface area (Å²) in [5, 5.41) is 4.58. The van der Waals surface area contributed by atoms with Gasteiger partial charge in [0.25, 0.3) is 0 Å². The van der Waals surface area contributed by atoms with Crippen molar-refractivity contribution in [2.75, 3.05) is 11.1 Å². The molecule has 1 heterocycles. The summed E-state index contributed by atoms with van der Waals surface area (Å²) in [5.41, 5.74) is 3.45. The first-order valence-electron chi connectivity index (χ1n) is 9.59. The molecule has 1 fully saturated rings. The van der Waals surface area contributed by atoms with Crippen LogP contribution in [0.25, 0.3) is 0 Å². The van der Waals surface area contributed by atoms with Crippen LogP contribution in [0.1, 0.15) is 36.8 Å². The zero-order valence-corrected chi connectivity index (χ0v) is 18.4. The monoisotopic (exact) mass is 445 g/mol. The van der Waals surface area contributed by atoms with Crippen LogP contribution in [0.2, 0.25) is 10.0 Å². The number of nitrogens with one attached hydrogen (secondary N) is 1. The first-order valence-corrected chi connectivity index (χ1v) is 11.3. The molecule has 1 saturated carbocycles. The van der Waals surface area contributed by atoms with Crippen LogP contribution >= 0.6 is 35.0 Å². The van der Waals surface area contributed by atoms with Gasteiger partial charge in [0.1, 0.15) is 5.04 Å². The number of rotatable bonds is 4. The maximum absolute atomic E-state index is 12.5. The molecule has 1 spiro atoms. The molecule has 2 aromatic rings. The first kappa shape index (κ1) is 20.5. The second-order valence-electron chi connectivity index (χ2n) is 7.40. The lowest BCUT2D eigenvalue weighted by Gasteiger charge is -2.14. The summed E-state index contributed by atoms with van der Waals surface area (Å²) in [4.78, 5) is 22.4. The molecule has 0 radical (unpaired) electrons. The van der Waals surface area contributed by atoms with Gasteiger partial charge < -0.3 is 5.32 Å². The van der Waals surface area contributed by atoms with Gasteiger partial charge in [-0.05, 0) is 50.8 Å². The average molecular weight is 446 g/mol. The van der Waals surface area contributed by atoms with Gasteiger partial charge in [0.05, 0.1) is 21.5 Å². The van der Waals surface area contributed by atoms with Gasteiger partial charge in [-0.3, -0.25) is 9.79 Å². The highest BCUT2D eigenvalue weighted by molar-refractivity contribution is 8.16. The number of amides is 1. The van der Waals surface area contributed by atoms with Crippen molar-refractivity contribution in [2.24, 2.45) is 9.98 Å². The number of thioether (sulfide) groups is 1. The van der Waals surface area contributed by atoms with E-state index in [1.165, 1.54) is 17.3 Å². The Hall–Kier alpha value is -1.82. The zero-order chi connectivity index (χ0) is 20.4. The fraction of sp³-hybridized carbons (Fsp3) is 0.318. The van der Waals surface area contributed by atoms with Gasteiger partial charge in [-0.25, -0.2) is 4.99 Å². The van der Waals surface area contributed by atoms with Crippen LogP contribution in [0.15, 0.2) is 52.4 Å². The lowest BCUT2D eigenvalue weighted by Crippen LogP contribution is -2.17. The summed E-state index contributed by atoms with van der Waals surface area (Å²) in [6, 6.07) is 13.4. The summed E-state index contributed by atoms with van der Waals surface area (Å²) in [6.45, 7) is 2.07.